The van der Waals surface area contributed by atoms with E-state index in [9.17, 15) is 4.79 Å². The van der Waals surface area contributed by atoms with Gasteiger partial charge in [-0.15, -0.1) is 0 Å². The summed E-state index contributed by atoms with van der Waals surface area (Å²) in [5.74, 6) is 12.9. The van der Waals surface area contributed by atoms with Gasteiger partial charge in [0.2, 0.25) is 0 Å². The Labute approximate surface area is 198 Å². The summed E-state index contributed by atoms with van der Waals surface area (Å²) in [6.45, 7) is 6.67. The molecule has 1 aromatic carbocycles. The highest BCUT2D eigenvalue weighted by Crippen LogP contribution is 2.33. The first-order valence-corrected chi connectivity index (χ1v) is 10.8. The molecule has 0 aliphatic rings. The maximum atomic E-state index is 10.2. The first-order valence-electron chi connectivity index (χ1n) is 6.48. The Morgan fingerprint density at radius 1 is 1.04 bits per heavy atom. The predicted octanol–water partition coefficient (Wildman–Crippen LogP) is 5.55. The van der Waals surface area contributed by atoms with Crippen LogP contribution in [0.15, 0.2) is 12.1 Å². The Morgan fingerprint density at radius 2 is 1.54 bits per heavy atom. The quantitative estimate of drug-likeness (QED) is 0.213. The summed E-state index contributed by atoms with van der Waals surface area (Å²) in [6, 6.07) is 4.39. The Morgan fingerprint density at radius 3 is 1.92 bits per heavy atom. The van der Waals surface area contributed by atoms with Crippen molar-refractivity contribution in [2.45, 2.75) is 26.2 Å². The summed E-state index contributed by atoms with van der Waals surface area (Å²) in [4.78, 5) is 10.2. The summed E-state index contributed by atoms with van der Waals surface area (Å²) >= 11 is 8.10. The van der Waals surface area contributed by atoms with Gasteiger partial charge in [-0.2, -0.15) is 0 Å². The number of ether oxygens (including phenoxy) is 1. The molecule has 2 nitrogen and oxygen atoms in total. The molecule has 0 aromatic heterocycles. The van der Waals surface area contributed by atoms with Gasteiger partial charge in [-0.3, -0.25) is 4.79 Å². The fourth-order valence-electron chi connectivity index (χ4n) is 1.35. The van der Waals surface area contributed by atoms with Crippen LogP contribution in [0.1, 0.15) is 26.3 Å². The molecule has 0 saturated carbocycles. The fraction of sp³-hybridized carbons (Fsp3) is 0.278. The third-order valence-electron chi connectivity index (χ3n) is 2.46. The maximum absolute atomic E-state index is 10.2. The van der Waals surface area contributed by atoms with Crippen molar-refractivity contribution in [2.24, 2.45) is 0 Å². The van der Waals surface area contributed by atoms with E-state index < -0.39 is 0 Å². The number of carbonyl (C=O) groups excluding carboxylic acids is 1. The van der Waals surface area contributed by atoms with Crippen LogP contribution in [0, 0.1) is 40.7 Å². The van der Waals surface area contributed by atoms with Crippen molar-refractivity contribution >= 4 is 94.2 Å². The summed E-state index contributed by atoms with van der Waals surface area (Å²) in [6.07, 6.45) is 0. The molecule has 1 aromatic rings. The lowest BCUT2D eigenvalue weighted by atomic mass is 9.87. The molecule has 6 heteroatoms. The molecule has 0 atom stereocenters. The summed E-state index contributed by atoms with van der Waals surface area (Å²) < 4.78 is 10.0. The molecule has 0 amide bonds. The van der Waals surface area contributed by atoms with Crippen molar-refractivity contribution in [1.82, 2.24) is 0 Å². The number of methoxy groups -OCH3 is 1. The first kappa shape index (κ1) is 24.3. The van der Waals surface area contributed by atoms with Gasteiger partial charge in [0, 0.05) is 45.2 Å². The molecule has 0 aliphatic carbocycles. The number of halogens is 4. The molecular formula is C18H14I4O2. The van der Waals surface area contributed by atoms with E-state index in [1.807, 2.05) is 22.6 Å². The molecule has 0 saturated heterocycles. The van der Waals surface area contributed by atoms with Crippen molar-refractivity contribution in [3.63, 3.8) is 0 Å². The standard InChI is InChI=1S/C11H14I2O.C7I2O/c1-11(2,3)7-5-8(12)10(14-4)9(13)6-7;8-6-4-2-1-3-5-7(9)10/h5-6H,1-4H3;. The number of benzene rings is 1. The van der Waals surface area contributed by atoms with E-state index in [-0.39, 0.29) is 9.20 Å². The van der Waals surface area contributed by atoms with E-state index in [1.54, 1.807) is 29.7 Å². The zero-order valence-corrected chi connectivity index (χ0v) is 22.1. The molecule has 126 valence electrons. The molecule has 0 radical (unpaired) electrons. The second kappa shape index (κ2) is 12.6. The molecular weight excluding hydrogens is 756 g/mol. The molecule has 0 N–H and O–H groups in total. The van der Waals surface area contributed by atoms with E-state index in [4.69, 9.17) is 4.74 Å². The molecule has 0 fully saturated rings. The van der Waals surface area contributed by atoms with Crippen LogP contribution in [0.3, 0.4) is 0 Å². The van der Waals surface area contributed by atoms with Gasteiger partial charge in [-0.25, -0.2) is 0 Å². The summed E-state index contributed by atoms with van der Waals surface area (Å²) in [5.41, 5.74) is 1.55. The Balaban J connectivity index is 0.000000470. The average molecular weight is 770 g/mol. The number of rotatable bonds is 1. The van der Waals surface area contributed by atoms with E-state index in [0.717, 1.165) is 5.75 Å². The third-order valence-corrected chi connectivity index (χ3v) is 4.61. The van der Waals surface area contributed by atoms with Crippen LogP contribution in [0.4, 0.5) is 0 Å². The van der Waals surface area contributed by atoms with E-state index in [1.165, 1.54) is 12.7 Å². The van der Waals surface area contributed by atoms with Gasteiger partial charge in [-0.1, -0.05) is 20.8 Å². The summed E-state index contributed by atoms with van der Waals surface area (Å²) in [7, 11) is 1.72. The Bertz CT molecular complexity index is 750. The molecule has 24 heavy (non-hydrogen) atoms. The minimum absolute atomic E-state index is 0.201. The van der Waals surface area contributed by atoms with Crippen LogP contribution in [0.25, 0.3) is 0 Å². The second-order valence-electron chi connectivity index (χ2n) is 5.22. The highest BCUT2D eigenvalue weighted by atomic mass is 127. The van der Waals surface area contributed by atoms with Crippen molar-refractivity contribution in [1.29, 1.82) is 0 Å². The minimum Gasteiger partial charge on any atom is -0.495 e. The van der Waals surface area contributed by atoms with Crippen LogP contribution in [-0.4, -0.2) is 10.9 Å². The fourth-order valence-corrected chi connectivity index (χ4v) is 3.83. The average Bonchev–Trinajstić information content (AvgIpc) is 2.46. The van der Waals surface area contributed by atoms with Crippen molar-refractivity contribution < 1.29 is 9.53 Å². The molecule has 0 bridgehead atoms. The van der Waals surface area contributed by atoms with E-state index in [2.05, 4.69) is 112 Å². The van der Waals surface area contributed by atoms with Gasteiger partial charge in [0.05, 0.1) is 14.3 Å². The van der Waals surface area contributed by atoms with E-state index in [0.29, 0.717) is 0 Å². The molecule has 0 unspecified atom stereocenters. The van der Waals surface area contributed by atoms with Gasteiger partial charge in [0.1, 0.15) is 5.75 Å². The Kier molecular flexibility index (Phi) is 12.8. The smallest absolute Gasteiger partial charge is 0.265 e. The monoisotopic (exact) mass is 770 g/mol. The molecule has 0 aliphatic heterocycles. The van der Waals surface area contributed by atoms with Crippen LogP contribution in [0.5, 0.6) is 5.75 Å². The lowest BCUT2D eigenvalue weighted by Gasteiger charge is -2.20. The molecule has 1 rings (SSSR count). The first-order chi connectivity index (χ1) is 11.1. The number of carbonyl (C=O) groups is 1. The SMILES string of the molecule is COc1c(I)cc(C(C)(C)C)cc1I.O=C(I)C#CC#CC#CI. The maximum Gasteiger partial charge on any atom is 0.265 e. The highest BCUT2D eigenvalue weighted by molar-refractivity contribution is 14.1. The third kappa shape index (κ3) is 10.3. The Hall–Kier alpha value is 0.290. The lowest BCUT2D eigenvalue weighted by Crippen LogP contribution is -2.12. The van der Waals surface area contributed by atoms with Crippen LogP contribution >= 0.6 is 90.4 Å². The molecule has 0 spiro atoms. The van der Waals surface area contributed by atoms with Gasteiger partial charge >= 0.3 is 0 Å². The zero-order valence-electron chi connectivity index (χ0n) is 13.5. The number of hydrogen-bond donors (Lipinski definition) is 0. The second-order valence-corrected chi connectivity index (χ2v) is 9.06. The highest BCUT2D eigenvalue weighted by Gasteiger charge is 2.17. The van der Waals surface area contributed by atoms with Gasteiger partial charge in [0.15, 0.2) is 0 Å². The van der Waals surface area contributed by atoms with Gasteiger partial charge in [-0.05, 0) is 102 Å². The van der Waals surface area contributed by atoms with Crippen LogP contribution in [-0.2, 0) is 10.2 Å². The van der Waals surface area contributed by atoms with Crippen molar-refractivity contribution in [2.75, 3.05) is 7.11 Å². The normalized spacial score (nSPS) is 8.83. The van der Waals surface area contributed by atoms with E-state index >= 15 is 0 Å². The largest absolute Gasteiger partial charge is 0.495 e. The van der Waals surface area contributed by atoms with Crippen molar-refractivity contribution in [3.8, 4) is 39.3 Å². The predicted molar refractivity (Wildman–Crippen MR) is 134 cm³/mol. The lowest BCUT2D eigenvalue weighted by molar-refractivity contribution is -0.104. The van der Waals surface area contributed by atoms with Crippen molar-refractivity contribution in [3.05, 3.63) is 24.8 Å². The van der Waals surface area contributed by atoms with Gasteiger partial charge in [0.25, 0.3) is 3.79 Å². The topological polar surface area (TPSA) is 26.3 Å². The van der Waals surface area contributed by atoms with Crippen LogP contribution in [0.2, 0.25) is 0 Å². The minimum atomic E-state index is -0.214. The van der Waals surface area contributed by atoms with Crippen LogP contribution < -0.4 is 4.74 Å². The van der Waals surface area contributed by atoms with Gasteiger partial charge < -0.3 is 4.74 Å². The summed E-state index contributed by atoms with van der Waals surface area (Å²) in [5, 5.41) is 0. The molecule has 0 heterocycles. The zero-order chi connectivity index (χ0) is 18.8. The number of hydrogen-bond acceptors (Lipinski definition) is 2.